The Morgan fingerprint density at radius 2 is 2.26 bits per heavy atom. The van der Waals surface area contributed by atoms with Gasteiger partial charge in [0.25, 0.3) is 0 Å². The van der Waals surface area contributed by atoms with Gasteiger partial charge in [0.1, 0.15) is 6.23 Å². The van der Waals surface area contributed by atoms with E-state index in [0.717, 1.165) is 32.1 Å². The Bertz CT molecular complexity index is 694. The number of hydrogen-bond acceptors (Lipinski definition) is 7. The molecule has 1 saturated heterocycles. The van der Waals surface area contributed by atoms with E-state index >= 15 is 0 Å². The number of anilines is 1. The number of carbonyl (C=O) groups excluding carboxylic acids is 1. The van der Waals surface area contributed by atoms with E-state index in [1.165, 1.54) is 0 Å². The Morgan fingerprint density at radius 3 is 2.96 bits per heavy atom. The summed E-state index contributed by atoms with van der Waals surface area (Å²) in [5, 5.41) is 0. The van der Waals surface area contributed by atoms with Gasteiger partial charge in [0.15, 0.2) is 29.1 Å². The standard InChI is InChI=1S/C15H21N5O3/c1-2-3-7-23-15-18-13(16)12-14(19-15)20(10(9-21)17-12)11-6-4-5-8-22-11/h9,11H,2-8H2,1H3,(H2,16,18,19). The lowest BCUT2D eigenvalue weighted by molar-refractivity contribution is -0.0306. The molecule has 2 N–H and O–H groups in total. The molecular weight excluding hydrogens is 298 g/mol. The molecule has 2 aromatic heterocycles. The molecule has 1 unspecified atom stereocenters. The number of unbranched alkanes of at least 4 members (excludes halogenated alkanes) is 1. The van der Waals surface area contributed by atoms with Gasteiger partial charge >= 0.3 is 6.01 Å². The molecule has 0 bridgehead atoms. The molecule has 1 aliphatic rings. The van der Waals surface area contributed by atoms with Gasteiger partial charge in [-0.05, 0) is 25.7 Å². The summed E-state index contributed by atoms with van der Waals surface area (Å²) in [6, 6.07) is 0.206. The van der Waals surface area contributed by atoms with Crippen LogP contribution >= 0.6 is 0 Å². The fraction of sp³-hybridized carbons (Fsp3) is 0.600. The Morgan fingerprint density at radius 1 is 1.39 bits per heavy atom. The van der Waals surface area contributed by atoms with Crippen LogP contribution in [0.3, 0.4) is 0 Å². The molecule has 3 rings (SSSR count). The van der Waals surface area contributed by atoms with Gasteiger partial charge in [-0.25, -0.2) is 4.98 Å². The predicted molar refractivity (Wildman–Crippen MR) is 84.4 cm³/mol. The zero-order valence-electron chi connectivity index (χ0n) is 13.2. The summed E-state index contributed by atoms with van der Waals surface area (Å²) in [5.41, 5.74) is 6.85. The molecule has 0 radical (unpaired) electrons. The number of rotatable bonds is 6. The molecule has 23 heavy (non-hydrogen) atoms. The first-order valence-corrected chi connectivity index (χ1v) is 7.99. The topological polar surface area (TPSA) is 105 Å². The maximum atomic E-state index is 11.4. The molecule has 0 saturated carbocycles. The summed E-state index contributed by atoms with van der Waals surface area (Å²) in [4.78, 5) is 24.2. The summed E-state index contributed by atoms with van der Waals surface area (Å²) >= 11 is 0. The molecule has 8 nitrogen and oxygen atoms in total. The van der Waals surface area contributed by atoms with E-state index in [1.807, 2.05) is 0 Å². The van der Waals surface area contributed by atoms with Crippen molar-refractivity contribution < 1.29 is 14.3 Å². The van der Waals surface area contributed by atoms with E-state index in [0.29, 0.717) is 30.7 Å². The second-order valence-corrected chi connectivity index (χ2v) is 5.54. The van der Waals surface area contributed by atoms with Gasteiger partial charge < -0.3 is 15.2 Å². The SMILES string of the molecule is CCCCOc1nc(N)c2nc(C=O)n(C3CCCCO3)c2n1. The normalized spacial score (nSPS) is 18.2. The lowest BCUT2D eigenvalue weighted by Crippen LogP contribution is -2.20. The molecule has 0 amide bonds. The number of fused-ring (bicyclic) bond motifs is 1. The Balaban J connectivity index is 2.03. The Hall–Kier alpha value is -2.22. The maximum absolute atomic E-state index is 11.4. The minimum atomic E-state index is -0.258. The quantitative estimate of drug-likeness (QED) is 0.642. The zero-order chi connectivity index (χ0) is 16.2. The highest BCUT2D eigenvalue weighted by Gasteiger charge is 2.24. The first-order chi connectivity index (χ1) is 11.2. The third kappa shape index (κ3) is 3.12. The number of carbonyl (C=O) groups is 1. The predicted octanol–water partition coefficient (Wildman–Crippen LogP) is 2.10. The lowest BCUT2D eigenvalue weighted by atomic mass is 10.2. The fourth-order valence-electron chi connectivity index (χ4n) is 2.66. The molecule has 1 aliphatic heterocycles. The van der Waals surface area contributed by atoms with Crippen molar-refractivity contribution in [1.82, 2.24) is 19.5 Å². The number of nitrogens with two attached hydrogens (primary N) is 1. The Kier molecular flexibility index (Phi) is 4.71. The summed E-state index contributed by atoms with van der Waals surface area (Å²) in [6.45, 7) is 3.26. The van der Waals surface area contributed by atoms with Gasteiger partial charge in [-0.3, -0.25) is 9.36 Å². The van der Waals surface area contributed by atoms with Crippen LogP contribution in [0.5, 0.6) is 6.01 Å². The molecule has 3 heterocycles. The number of aldehydes is 1. The van der Waals surface area contributed by atoms with E-state index in [9.17, 15) is 4.79 Å². The largest absolute Gasteiger partial charge is 0.463 e. The molecular formula is C15H21N5O3. The lowest BCUT2D eigenvalue weighted by Gasteiger charge is -2.24. The second-order valence-electron chi connectivity index (χ2n) is 5.54. The van der Waals surface area contributed by atoms with Crippen molar-refractivity contribution in [3.8, 4) is 6.01 Å². The number of aromatic nitrogens is 4. The van der Waals surface area contributed by atoms with E-state index in [2.05, 4.69) is 21.9 Å². The van der Waals surface area contributed by atoms with Crippen LogP contribution in [0, 0.1) is 0 Å². The smallest absolute Gasteiger partial charge is 0.320 e. The average Bonchev–Trinajstić information content (AvgIpc) is 2.95. The van der Waals surface area contributed by atoms with E-state index < -0.39 is 0 Å². The molecule has 2 aromatic rings. The van der Waals surface area contributed by atoms with Crippen LogP contribution in [0.1, 0.15) is 55.9 Å². The van der Waals surface area contributed by atoms with Gasteiger partial charge in [-0.1, -0.05) is 13.3 Å². The van der Waals surface area contributed by atoms with Crippen LogP contribution in [0.15, 0.2) is 0 Å². The van der Waals surface area contributed by atoms with Crippen LogP contribution in [-0.4, -0.2) is 39.0 Å². The summed E-state index contributed by atoms with van der Waals surface area (Å²) in [5.74, 6) is 0.456. The van der Waals surface area contributed by atoms with Gasteiger partial charge in [0, 0.05) is 6.61 Å². The monoisotopic (exact) mass is 319 g/mol. The summed E-state index contributed by atoms with van der Waals surface area (Å²) < 4.78 is 13.0. The number of ether oxygens (including phenoxy) is 2. The van der Waals surface area contributed by atoms with Crippen LogP contribution < -0.4 is 10.5 Å². The highest BCUT2D eigenvalue weighted by atomic mass is 16.5. The number of nitrogens with zero attached hydrogens (tertiary/aromatic N) is 4. The van der Waals surface area contributed by atoms with Crippen molar-refractivity contribution in [2.75, 3.05) is 18.9 Å². The molecule has 0 aliphatic carbocycles. The van der Waals surface area contributed by atoms with E-state index in [-0.39, 0.29) is 23.9 Å². The van der Waals surface area contributed by atoms with Gasteiger partial charge in [0.2, 0.25) is 0 Å². The van der Waals surface area contributed by atoms with Crippen LogP contribution in [0.25, 0.3) is 11.2 Å². The van der Waals surface area contributed by atoms with Crippen molar-refractivity contribution in [2.45, 2.75) is 45.3 Å². The van der Waals surface area contributed by atoms with Crippen molar-refractivity contribution in [3.63, 3.8) is 0 Å². The fourth-order valence-corrected chi connectivity index (χ4v) is 2.66. The number of hydrogen-bond donors (Lipinski definition) is 1. The minimum Gasteiger partial charge on any atom is -0.463 e. The van der Waals surface area contributed by atoms with Crippen molar-refractivity contribution in [2.24, 2.45) is 0 Å². The average molecular weight is 319 g/mol. The van der Waals surface area contributed by atoms with Gasteiger partial charge in [-0.15, -0.1) is 0 Å². The molecule has 0 spiro atoms. The van der Waals surface area contributed by atoms with Gasteiger partial charge in [0.05, 0.1) is 6.61 Å². The second kappa shape index (κ2) is 6.91. The highest BCUT2D eigenvalue weighted by molar-refractivity contribution is 5.87. The third-order valence-electron chi connectivity index (χ3n) is 3.85. The van der Waals surface area contributed by atoms with Crippen molar-refractivity contribution in [3.05, 3.63) is 5.82 Å². The zero-order valence-corrected chi connectivity index (χ0v) is 13.2. The first kappa shape index (κ1) is 15.7. The van der Waals surface area contributed by atoms with E-state index in [4.69, 9.17) is 15.2 Å². The Labute approximate surface area is 134 Å². The van der Waals surface area contributed by atoms with Crippen LogP contribution in [0.2, 0.25) is 0 Å². The van der Waals surface area contributed by atoms with Crippen molar-refractivity contribution in [1.29, 1.82) is 0 Å². The van der Waals surface area contributed by atoms with Gasteiger partial charge in [-0.2, -0.15) is 9.97 Å². The summed E-state index contributed by atoms with van der Waals surface area (Å²) in [7, 11) is 0. The minimum absolute atomic E-state index is 0.206. The van der Waals surface area contributed by atoms with Crippen LogP contribution in [0.4, 0.5) is 5.82 Å². The molecule has 0 aromatic carbocycles. The van der Waals surface area contributed by atoms with Crippen molar-refractivity contribution >= 4 is 23.3 Å². The van der Waals surface area contributed by atoms with E-state index in [1.54, 1.807) is 4.57 Å². The van der Waals surface area contributed by atoms with Crippen LogP contribution in [-0.2, 0) is 4.74 Å². The third-order valence-corrected chi connectivity index (χ3v) is 3.85. The number of nitrogen functional groups attached to an aromatic ring is 1. The summed E-state index contributed by atoms with van der Waals surface area (Å²) in [6.07, 6.45) is 5.21. The first-order valence-electron chi connectivity index (χ1n) is 7.99. The highest BCUT2D eigenvalue weighted by Crippen LogP contribution is 2.29. The molecule has 8 heteroatoms. The molecule has 1 fully saturated rings. The number of imidazole rings is 1. The molecule has 1 atom stereocenters. The maximum Gasteiger partial charge on any atom is 0.320 e. The molecule has 124 valence electrons.